The molecule has 1 unspecified atom stereocenters. The Labute approximate surface area is 104 Å². The van der Waals surface area contributed by atoms with Crippen LogP contribution in [-0.4, -0.2) is 22.0 Å². The van der Waals surface area contributed by atoms with E-state index in [-0.39, 0.29) is 24.8 Å². The molecule has 0 aliphatic heterocycles. The monoisotopic (exact) mass is 256 g/mol. The number of nitrogens with one attached hydrogen (secondary N) is 1. The summed E-state index contributed by atoms with van der Waals surface area (Å²) in [5.74, 6) is -1.22. The molecule has 0 aliphatic rings. The predicted octanol–water partition coefficient (Wildman–Crippen LogP) is 1.80. The highest BCUT2D eigenvalue weighted by molar-refractivity contribution is 7.11. The molecule has 1 amide bonds. The molecule has 1 atom stereocenters. The molecule has 0 saturated carbocycles. The minimum absolute atomic E-state index is 0.00183. The van der Waals surface area contributed by atoms with Gasteiger partial charge in [-0.15, -0.1) is 11.3 Å². The average molecular weight is 256 g/mol. The largest absolute Gasteiger partial charge is 0.481 e. The Morgan fingerprint density at radius 2 is 2.06 bits per heavy atom. The summed E-state index contributed by atoms with van der Waals surface area (Å²) >= 11 is 1.59. The van der Waals surface area contributed by atoms with Crippen molar-refractivity contribution < 1.29 is 14.7 Å². The van der Waals surface area contributed by atoms with Crippen LogP contribution in [0.15, 0.2) is 0 Å². The van der Waals surface area contributed by atoms with E-state index in [2.05, 4.69) is 10.3 Å². The number of aromatic nitrogens is 1. The first-order valence-electron chi connectivity index (χ1n) is 5.35. The Bertz CT molecular complexity index is 428. The van der Waals surface area contributed by atoms with Gasteiger partial charge in [-0.3, -0.25) is 9.59 Å². The van der Waals surface area contributed by atoms with Gasteiger partial charge >= 0.3 is 5.97 Å². The molecule has 2 N–H and O–H groups in total. The topological polar surface area (TPSA) is 79.3 Å². The number of hydrogen-bond acceptors (Lipinski definition) is 4. The number of hydrogen-bond donors (Lipinski definition) is 2. The van der Waals surface area contributed by atoms with Crippen molar-refractivity contribution in [3.8, 4) is 0 Å². The van der Waals surface area contributed by atoms with Gasteiger partial charge in [0.25, 0.3) is 0 Å². The first kappa shape index (κ1) is 13.6. The van der Waals surface area contributed by atoms with Crippen molar-refractivity contribution in [2.75, 3.05) is 0 Å². The molecule has 0 aliphatic carbocycles. The van der Waals surface area contributed by atoms with Gasteiger partial charge in [-0.05, 0) is 20.8 Å². The van der Waals surface area contributed by atoms with Gasteiger partial charge in [-0.1, -0.05) is 0 Å². The number of nitrogens with zero attached hydrogens (tertiary/aromatic N) is 1. The number of thiazole rings is 1. The maximum Gasteiger partial charge on any atom is 0.303 e. The molecule has 5 nitrogen and oxygen atoms in total. The summed E-state index contributed by atoms with van der Waals surface area (Å²) in [7, 11) is 0. The van der Waals surface area contributed by atoms with Crippen molar-refractivity contribution in [3.63, 3.8) is 0 Å². The quantitative estimate of drug-likeness (QED) is 0.842. The van der Waals surface area contributed by atoms with Crippen molar-refractivity contribution in [3.05, 3.63) is 15.6 Å². The second-order valence-corrected chi connectivity index (χ2v) is 5.26. The summed E-state index contributed by atoms with van der Waals surface area (Å²) in [5.41, 5.74) is 0.858. The number of carboxylic acid groups (broad SMARTS) is 1. The van der Waals surface area contributed by atoms with Crippen molar-refractivity contribution in [1.82, 2.24) is 10.3 Å². The lowest BCUT2D eigenvalue weighted by Crippen LogP contribution is -2.27. The van der Waals surface area contributed by atoms with E-state index >= 15 is 0 Å². The number of aliphatic carboxylic acids is 1. The number of carbonyl (C=O) groups excluding carboxylic acids is 1. The molecule has 17 heavy (non-hydrogen) atoms. The first-order valence-corrected chi connectivity index (χ1v) is 6.17. The standard InChI is InChI=1S/C11H16N2O3S/c1-6(11-7(2)17-8(3)13-11)12-9(14)4-5-10(15)16/h6H,4-5H2,1-3H3,(H,12,14)(H,15,16). The van der Waals surface area contributed by atoms with Gasteiger partial charge in [0.05, 0.1) is 23.2 Å². The van der Waals surface area contributed by atoms with Gasteiger partial charge in [0, 0.05) is 11.3 Å². The lowest BCUT2D eigenvalue weighted by molar-refractivity contribution is -0.138. The minimum Gasteiger partial charge on any atom is -0.481 e. The summed E-state index contributed by atoms with van der Waals surface area (Å²) in [6.45, 7) is 5.72. The summed E-state index contributed by atoms with van der Waals surface area (Å²) < 4.78 is 0. The Kier molecular flexibility index (Phi) is 4.62. The Balaban J connectivity index is 2.54. The smallest absolute Gasteiger partial charge is 0.303 e. The fraction of sp³-hybridized carbons (Fsp3) is 0.545. The van der Waals surface area contributed by atoms with Crippen LogP contribution in [0, 0.1) is 13.8 Å². The highest BCUT2D eigenvalue weighted by Gasteiger charge is 2.15. The van der Waals surface area contributed by atoms with Crippen LogP contribution in [0.5, 0.6) is 0 Å². The summed E-state index contributed by atoms with van der Waals surface area (Å²) in [5, 5.41) is 12.2. The molecular formula is C11H16N2O3S. The molecule has 94 valence electrons. The average Bonchev–Trinajstić information content (AvgIpc) is 2.55. The van der Waals surface area contributed by atoms with Gasteiger partial charge < -0.3 is 10.4 Å². The van der Waals surface area contributed by atoms with Crippen LogP contribution in [0.4, 0.5) is 0 Å². The van der Waals surface area contributed by atoms with Crippen LogP contribution in [0.2, 0.25) is 0 Å². The van der Waals surface area contributed by atoms with E-state index in [1.165, 1.54) is 0 Å². The third-order valence-electron chi connectivity index (χ3n) is 2.29. The third-order valence-corrected chi connectivity index (χ3v) is 3.20. The molecule has 1 heterocycles. The Hall–Kier alpha value is -1.43. The summed E-state index contributed by atoms with van der Waals surface area (Å²) in [6.07, 6.45) is -0.143. The van der Waals surface area contributed by atoms with Crippen LogP contribution < -0.4 is 5.32 Å². The zero-order valence-electron chi connectivity index (χ0n) is 10.1. The van der Waals surface area contributed by atoms with E-state index in [0.717, 1.165) is 15.6 Å². The first-order chi connectivity index (χ1) is 7.90. The van der Waals surface area contributed by atoms with Gasteiger partial charge in [0.2, 0.25) is 5.91 Å². The lowest BCUT2D eigenvalue weighted by atomic mass is 10.2. The normalized spacial score (nSPS) is 12.2. The second kappa shape index (κ2) is 5.77. The van der Waals surface area contributed by atoms with E-state index < -0.39 is 5.97 Å². The summed E-state index contributed by atoms with van der Waals surface area (Å²) in [6, 6.07) is -0.179. The molecule has 0 spiro atoms. The van der Waals surface area contributed by atoms with Crippen LogP contribution in [-0.2, 0) is 9.59 Å². The molecule has 6 heteroatoms. The number of rotatable bonds is 5. The zero-order chi connectivity index (χ0) is 13.0. The van der Waals surface area contributed by atoms with Gasteiger partial charge in [0.15, 0.2) is 0 Å². The Morgan fingerprint density at radius 3 is 2.53 bits per heavy atom. The third kappa shape index (κ3) is 4.14. The number of carbonyl (C=O) groups is 2. The fourth-order valence-corrected chi connectivity index (χ4v) is 2.46. The molecule has 1 rings (SSSR count). The lowest BCUT2D eigenvalue weighted by Gasteiger charge is -2.12. The molecule has 0 bridgehead atoms. The molecule has 0 saturated heterocycles. The Morgan fingerprint density at radius 1 is 1.41 bits per heavy atom. The molecular weight excluding hydrogens is 240 g/mol. The van der Waals surface area contributed by atoms with E-state index in [0.29, 0.717) is 0 Å². The van der Waals surface area contributed by atoms with Gasteiger partial charge in [0.1, 0.15) is 0 Å². The molecule has 1 aromatic rings. The molecule has 1 aromatic heterocycles. The molecule has 0 fully saturated rings. The maximum absolute atomic E-state index is 11.5. The van der Waals surface area contributed by atoms with Crippen molar-refractivity contribution in [2.45, 2.75) is 39.7 Å². The highest BCUT2D eigenvalue weighted by atomic mass is 32.1. The fourth-order valence-electron chi connectivity index (χ4n) is 1.55. The highest BCUT2D eigenvalue weighted by Crippen LogP contribution is 2.22. The number of carboxylic acids is 1. The van der Waals surface area contributed by atoms with Gasteiger partial charge in [-0.25, -0.2) is 4.98 Å². The van der Waals surface area contributed by atoms with Crippen LogP contribution in [0.3, 0.4) is 0 Å². The van der Waals surface area contributed by atoms with E-state index in [1.54, 1.807) is 11.3 Å². The van der Waals surface area contributed by atoms with Crippen LogP contribution in [0.1, 0.15) is 41.4 Å². The second-order valence-electron chi connectivity index (χ2n) is 3.86. The number of aryl methyl sites for hydroxylation is 2. The van der Waals surface area contributed by atoms with E-state index in [1.807, 2.05) is 20.8 Å². The van der Waals surface area contributed by atoms with Crippen molar-refractivity contribution >= 4 is 23.2 Å². The molecule has 0 radical (unpaired) electrons. The predicted molar refractivity (Wildman–Crippen MR) is 65.0 cm³/mol. The van der Waals surface area contributed by atoms with Crippen LogP contribution in [0.25, 0.3) is 0 Å². The van der Waals surface area contributed by atoms with E-state index in [9.17, 15) is 9.59 Å². The maximum atomic E-state index is 11.5. The number of amides is 1. The van der Waals surface area contributed by atoms with Crippen molar-refractivity contribution in [2.24, 2.45) is 0 Å². The minimum atomic E-state index is -0.964. The summed E-state index contributed by atoms with van der Waals surface area (Å²) in [4.78, 5) is 27.2. The van der Waals surface area contributed by atoms with Crippen LogP contribution >= 0.6 is 11.3 Å². The van der Waals surface area contributed by atoms with E-state index in [4.69, 9.17) is 5.11 Å². The zero-order valence-corrected chi connectivity index (χ0v) is 10.9. The van der Waals surface area contributed by atoms with Crippen molar-refractivity contribution in [1.29, 1.82) is 0 Å². The van der Waals surface area contributed by atoms with Gasteiger partial charge in [-0.2, -0.15) is 0 Å². The molecule has 0 aromatic carbocycles. The SMILES string of the molecule is Cc1nc(C(C)NC(=O)CCC(=O)O)c(C)s1.